The molecule has 0 aliphatic carbocycles. The van der Waals surface area contributed by atoms with E-state index in [-0.39, 0.29) is 5.82 Å². The molecule has 0 radical (unpaired) electrons. The summed E-state index contributed by atoms with van der Waals surface area (Å²) in [6.07, 6.45) is 6.80. The molecule has 1 fully saturated rings. The molecular formula is C28H27FN6. The van der Waals surface area contributed by atoms with Gasteiger partial charge in [0.25, 0.3) is 0 Å². The molecule has 1 aliphatic rings. The second kappa shape index (κ2) is 8.98. The highest BCUT2D eigenvalue weighted by Crippen LogP contribution is 2.33. The van der Waals surface area contributed by atoms with Gasteiger partial charge in [-0.05, 0) is 83.3 Å². The van der Waals surface area contributed by atoms with Crippen molar-refractivity contribution < 1.29 is 4.39 Å². The molecule has 6 nitrogen and oxygen atoms in total. The first kappa shape index (κ1) is 21.5. The zero-order valence-electron chi connectivity index (χ0n) is 19.7. The molecule has 0 unspecified atom stereocenters. The van der Waals surface area contributed by atoms with Gasteiger partial charge < -0.3 is 9.47 Å². The first-order valence-electron chi connectivity index (χ1n) is 12.2. The number of nitrogens with zero attached hydrogens (tertiary/aromatic N) is 6. The van der Waals surface area contributed by atoms with Gasteiger partial charge in [-0.25, -0.2) is 9.07 Å². The summed E-state index contributed by atoms with van der Waals surface area (Å²) in [5.74, 6) is -0.207. The third-order valence-corrected chi connectivity index (χ3v) is 7.17. The Morgan fingerprint density at radius 2 is 1.66 bits per heavy atom. The summed E-state index contributed by atoms with van der Waals surface area (Å²) in [5, 5.41) is 12.3. The number of hydrogen-bond acceptors (Lipinski definition) is 4. The topological polar surface area (TPSA) is 51.8 Å². The Kier molecular flexibility index (Phi) is 5.52. The van der Waals surface area contributed by atoms with Crippen LogP contribution in [0.15, 0.2) is 79.3 Å². The van der Waals surface area contributed by atoms with Crippen LogP contribution in [0.4, 0.5) is 10.1 Å². The molecule has 0 atom stereocenters. The molecule has 1 aliphatic heterocycles. The summed E-state index contributed by atoms with van der Waals surface area (Å²) in [6.45, 7) is 4.19. The van der Waals surface area contributed by atoms with Gasteiger partial charge >= 0.3 is 0 Å². The molecule has 0 spiro atoms. The molecule has 3 aromatic carbocycles. The maximum atomic E-state index is 15.3. The molecule has 7 heteroatoms. The van der Waals surface area contributed by atoms with Crippen LogP contribution in [0.25, 0.3) is 27.7 Å². The Morgan fingerprint density at radius 1 is 0.914 bits per heavy atom. The minimum absolute atomic E-state index is 0.207. The number of benzene rings is 3. The van der Waals surface area contributed by atoms with Gasteiger partial charge in [0.2, 0.25) is 0 Å². The van der Waals surface area contributed by atoms with Crippen LogP contribution in [0, 0.1) is 5.82 Å². The average Bonchev–Trinajstić information content (AvgIpc) is 3.59. The summed E-state index contributed by atoms with van der Waals surface area (Å²) < 4.78 is 19.1. The van der Waals surface area contributed by atoms with Crippen LogP contribution in [-0.2, 0) is 6.42 Å². The highest BCUT2D eigenvalue weighted by Gasteiger charge is 2.22. The number of hydrogen-bond donors (Lipinski definition) is 0. The van der Waals surface area contributed by atoms with E-state index in [1.807, 2.05) is 30.3 Å². The van der Waals surface area contributed by atoms with Crippen molar-refractivity contribution in [2.24, 2.45) is 0 Å². The fourth-order valence-corrected chi connectivity index (χ4v) is 5.14. The van der Waals surface area contributed by atoms with Crippen LogP contribution in [-0.4, -0.2) is 37.9 Å². The van der Waals surface area contributed by atoms with E-state index in [0.29, 0.717) is 11.6 Å². The smallest absolute Gasteiger partial charge is 0.143 e. The molecule has 3 heterocycles. The first-order valence-corrected chi connectivity index (χ1v) is 12.2. The van der Waals surface area contributed by atoms with E-state index in [4.69, 9.17) is 0 Å². The van der Waals surface area contributed by atoms with Crippen LogP contribution < -0.4 is 4.90 Å². The number of halogens is 1. The Hall–Kier alpha value is -4.00. The SMILES string of the molecule is CCc1ccc(N2CCC(n3ccc4cc(-c5ccc(-n6cnnn6)cc5)c(F)cc43)CC2)cc1. The third-order valence-electron chi connectivity index (χ3n) is 7.17. The molecule has 2 aromatic heterocycles. The van der Waals surface area contributed by atoms with Crippen molar-refractivity contribution in [2.75, 3.05) is 18.0 Å². The average molecular weight is 467 g/mol. The number of fused-ring (bicyclic) bond motifs is 1. The van der Waals surface area contributed by atoms with Crippen molar-refractivity contribution in [2.45, 2.75) is 32.2 Å². The summed E-state index contributed by atoms with van der Waals surface area (Å²) in [6, 6.07) is 22.6. The molecule has 6 rings (SSSR count). The van der Waals surface area contributed by atoms with Crippen molar-refractivity contribution >= 4 is 16.6 Å². The number of anilines is 1. The predicted molar refractivity (Wildman–Crippen MR) is 136 cm³/mol. The number of aryl methyl sites for hydroxylation is 1. The zero-order chi connectivity index (χ0) is 23.8. The van der Waals surface area contributed by atoms with E-state index in [9.17, 15) is 0 Å². The largest absolute Gasteiger partial charge is 0.371 e. The minimum Gasteiger partial charge on any atom is -0.371 e. The maximum Gasteiger partial charge on any atom is 0.143 e. The van der Waals surface area contributed by atoms with Gasteiger partial charge in [-0.3, -0.25) is 0 Å². The van der Waals surface area contributed by atoms with Gasteiger partial charge in [0.1, 0.15) is 12.1 Å². The number of rotatable bonds is 5. The molecule has 1 saturated heterocycles. The van der Waals surface area contributed by atoms with Crippen LogP contribution >= 0.6 is 0 Å². The predicted octanol–water partition coefficient (Wildman–Crippen LogP) is 5.83. The molecule has 0 saturated carbocycles. The standard InChI is InChI=1S/C28H27FN6/c1-2-20-3-7-23(8-4-20)33-14-12-24(13-15-33)34-16-11-22-17-26(27(29)18-28(22)34)21-5-9-25(10-6-21)35-19-30-31-32-35/h3-11,16-19,24H,2,12-15H2,1H3. The van der Waals surface area contributed by atoms with E-state index in [1.165, 1.54) is 17.6 Å². The Morgan fingerprint density at radius 3 is 2.34 bits per heavy atom. The normalized spacial score (nSPS) is 14.6. The quantitative estimate of drug-likeness (QED) is 0.327. The fourth-order valence-electron chi connectivity index (χ4n) is 5.14. The lowest BCUT2D eigenvalue weighted by molar-refractivity contribution is 0.405. The van der Waals surface area contributed by atoms with E-state index in [1.54, 1.807) is 10.7 Å². The second-order valence-corrected chi connectivity index (χ2v) is 9.15. The highest BCUT2D eigenvalue weighted by atomic mass is 19.1. The summed E-state index contributed by atoms with van der Waals surface area (Å²) >= 11 is 0. The molecule has 0 N–H and O–H groups in total. The molecular weight excluding hydrogens is 439 g/mol. The molecule has 35 heavy (non-hydrogen) atoms. The Labute approximate surface area is 203 Å². The van der Waals surface area contributed by atoms with Crippen LogP contribution in [0.3, 0.4) is 0 Å². The van der Waals surface area contributed by atoms with Crippen LogP contribution in [0.5, 0.6) is 0 Å². The maximum absolute atomic E-state index is 15.3. The number of tetrazole rings is 1. The van der Waals surface area contributed by atoms with Gasteiger partial charge in [0.15, 0.2) is 0 Å². The molecule has 5 aromatic rings. The zero-order valence-corrected chi connectivity index (χ0v) is 19.7. The third kappa shape index (κ3) is 4.07. The Bertz CT molecular complexity index is 1430. The van der Waals surface area contributed by atoms with Gasteiger partial charge in [0, 0.05) is 42.0 Å². The van der Waals surface area contributed by atoms with E-state index in [0.717, 1.165) is 54.5 Å². The summed E-state index contributed by atoms with van der Waals surface area (Å²) in [5.41, 5.74) is 5.88. The van der Waals surface area contributed by atoms with Crippen LogP contribution in [0.2, 0.25) is 0 Å². The van der Waals surface area contributed by atoms with Crippen molar-refractivity contribution in [3.05, 3.63) is 90.6 Å². The highest BCUT2D eigenvalue weighted by molar-refractivity contribution is 5.86. The van der Waals surface area contributed by atoms with E-state index in [2.05, 4.69) is 68.4 Å². The van der Waals surface area contributed by atoms with Gasteiger partial charge in [-0.2, -0.15) is 0 Å². The van der Waals surface area contributed by atoms with E-state index >= 15 is 4.39 Å². The van der Waals surface area contributed by atoms with Gasteiger partial charge in [-0.1, -0.05) is 31.2 Å². The summed E-state index contributed by atoms with van der Waals surface area (Å²) in [4.78, 5) is 2.46. The van der Waals surface area contributed by atoms with Crippen molar-refractivity contribution in [1.29, 1.82) is 0 Å². The van der Waals surface area contributed by atoms with Gasteiger partial charge in [0.05, 0.1) is 11.2 Å². The lowest BCUT2D eigenvalue weighted by atomic mass is 10.0. The number of aromatic nitrogens is 5. The van der Waals surface area contributed by atoms with Crippen molar-refractivity contribution in [1.82, 2.24) is 24.8 Å². The van der Waals surface area contributed by atoms with E-state index < -0.39 is 0 Å². The van der Waals surface area contributed by atoms with Crippen molar-refractivity contribution in [3.63, 3.8) is 0 Å². The summed E-state index contributed by atoms with van der Waals surface area (Å²) in [7, 11) is 0. The molecule has 176 valence electrons. The lowest BCUT2D eigenvalue weighted by Gasteiger charge is -2.34. The number of piperidine rings is 1. The Balaban J connectivity index is 1.21. The lowest BCUT2D eigenvalue weighted by Crippen LogP contribution is -2.34. The first-order chi connectivity index (χ1) is 17.2. The van der Waals surface area contributed by atoms with Crippen LogP contribution in [0.1, 0.15) is 31.4 Å². The monoisotopic (exact) mass is 466 g/mol. The minimum atomic E-state index is -0.207. The fraction of sp³-hybridized carbons (Fsp3) is 0.250. The molecule has 0 amide bonds. The van der Waals surface area contributed by atoms with Gasteiger partial charge in [-0.15, -0.1) is 5.10 Å². The second-order valence-electron chi connectivity index (χ2n) is 9.15. The van der Waals surface area contributed by atoms with Crippen molar-refractivity contribution in [3.8, 4) is 16.8 Å². The molecule has 0 bridgehead atoms.